The van der Waals surface area contributed by atoms with Gasteiger partial charge in [0.05, 0.1) is 11.8 Å². The van der Waals surface area contributed by atoms with Crippen molar-refractivity contribution in [3.05, 3.63) is 0 Å². The molecule has 1 saturated carbocycles. The number of carbonyl (C=O) groups is 2. The summed E-state index contributed by atoms with van der Waals surface area (Å²) < 4.78 is 0. The number of carboxylic acids is 1. The highest BCUT2D eigenvalue weighted by Crippen LogP contribution is 2.39. The van der Waals surface area contributed by atoms with Crippen LogP contribution in [0.15, 0.2) is 0 Å². The van der Waals surface area contributed by atoms with Crippen LogP contribution < -0.4 is 10.6 Å². The second-order valence-electron chi connectivity index (χ2n) is 7.29. The molecule has 2 rings (SSSR count). The van der Waals surface area contributed by atoms with Crippen LogP contribution in [0.2, 0.25) is 0 Å². The number of rotatable bonds is 3. The molecule has 0 aromatic carbocycles. The second kappa shape index (κ2) is 4.47. The first-order valence-electron chi connectivity index (χ1n) is 6.92. The molecule has 0 unspecified atom stereocenters. The SMILES string of the molecule is CC1(C)CC(NC(=O)[C@@H]2C[C@@H]2C(=O)O)CC(C)(C)N1. The molecule has 2 fully saturated rings. The van der Waals surface area contributed by atoms with Crippen LogP contribution in [0.25, 0.3) is 0 Å². The summed E-state index contributed by atoms with van der Waals surface area (Å²) in [5.74, 6) is -1.74. The smallest absolute Gasteiger partial charge is 0.307 e. The molecule has 5 nitrogen and oxygen atoms in total. The molecule has 2 aliphatic rings. The Morgan fingerprint density at radius 2 is 1.63 bits per heavy atom. The fourth-order valence-electron chi connectivity index (χ4n) is 3.49. The van der Waals surface area contributed by atoms with Gasteiger partial charge in [0, 0.05) is 17.1 Å². The zero-order valence-corrected chi connectivity index (χ0v) is 12.1. The summed E-state index contributed by atoms with van der Waals surface area (Å²) in [6.45, 7) is 8.52. The van der Waals surface area contributed by atoms with Crippen molar-refractivity contribution >= 4 is 11.9 Å². The lowest BCUT2D eigenvalue weighted by Crippen LogP contribution is -2.62. The van der Waals surface area contributed by atoms with Crippen molar-refractivity contribution in [3.8, 4) is 0 Å². The Bertz CT molecular complexity index is 387. The molecule has 108 valence electrons. The van der Waals surface area contributed by atoms with Crippen LogP contribution in [0.3, 0.4) is 0 Å². The van der Waals surface area contributed by atoms with E-state index in [0.717, 1.165) is 12.8 Å². The number of hydrogen-bond donors (Lipinski definition) is 3. The van der Waals surface area contributed by atoms with Gasteiger partial charge in [0.2, 0.25) is 5.91 Å². The van der Waals surface area contributed by atoms with Gasteiger partial charge in [-0.15, -0.1) is 0 Å². The van der Waals surface area contributed by atoms with Gasteiger partial charge in [-0.1, -0.05) is 0 Å². The van der Waals surface area contributed by atoms with E-state index in [2.05, 4.69) is 38.3 Å². The average molecular weight is 268 g/mol. The molecule has 0 aromatic rings. The zero-order chi connectivity index (χ0) is 14.4. The third-order valence-corrected chi connectivity index (χ3v) is 3.98. The lowest BCUT2D eigenvalue weighted by molar-refractivity contribution is -0.140. The van der Waals surface area contributed by atoms with Crippen molar-refractivity contribution in [2.75, 3.05) is 0 Å². The standard InChI is InChI=1S/C14H24N2O3/c1-13(2)6-8(7-14(3,4)16-13)15-11(17)9-5-10(9)12(18)19/h8-10,16H,5-7H2,1-4H3,(H,15,17)(H,18,19)/t9-,10+/m1/s1. The third kappa shape index (κ3) is 3.47. The summed E-state index contributed by atoms with van der Waals surface area (Å²) in [6.07, 6.45) is 2.22. The van der Waals surface area contributed by atoms with Gasteiger partial charge in [-0.2, -0.15) is 0 Å². The maximum atomic E-state index is 12.0. The molecular formula is C14H24N2O3. The Hall–Kier alpha value is -1.10. The highest BCUT2D eigenvalue weighted by molar-refractivity contribution is 5.89. The minimum Gasteiger partial charge on any atom is -0.481 e. The van der Waals surface area contributed by atoms with E-state index in [1.807, 2.05) is 0 Å². The molecule has 0 aromatic heterocycles. The van der Waals surface area contributed by atoms with Gasteiger partial charge in [0.1, 0.15) is 0 Å². The quantitative estimate of drug-likeness (QED) is 0.717. The van der Waals surface area contributed by atoms with Crippen LogP contribution in [0, 0.1) is 11.8 Å². The number of piperidine rings is 1. The van der Waals surface area contributed by atoms with E-state index in [1.165, 1.54) is 0 Å². The first kappa shape index (κ1) is 14.3. The van der Waals surface area contributed by atoms with Crippen LogP contribution >= 0.6 is 0 Å². The van der Waals surface area contributed by atoms with Gasteiger partial charge in [0.25, 0.3) is 0 Å². The predicted molar refractivity (Wildman–Crippen MR) is 71.7 cm³/mol. The summed E-state index contributed by atoms with van der Waals surface area (Å²) in [7, 11) is 0. The highest BCUT2D eigenvalue weighted by Gasteiger charge is 2.49. The lowest BCUT2D eigenvalue weighted by atomic mass is 9.79. The summed E-state index contributed by atoms with van der Waals surface area (Å²) in [6, 6.07) is 0.119. The molecule has 1 aliphatic carbocycles. The van der Waals surface area contributed by atoms with E-state index < -0.39 is 11.9 Å². The fourth-order valence-corrected chi connectivity index (χ4v) is 3.49. The van der Waals surface area contributed by atoms with Crippen molar-refractivity contribution in [3.63, 3.8) is 0 Å². The van der Waals surface area contributed by atoms with Crippen molar-refractivity contribution in [2.24, 2.45) is 11.8 Å². The summed E-state index contributed by atoms with van der Waals surface area (Å²) in [5, 5.41) is 15.5. The topological polar surface area (TPSA) is 78.4 Å². The van der Waals surface area contributed by atoms with Gasteiger partial charge in [-0.25, -0.2) is 0 Å². The molecule has 0 spiro atoms. The molecule has 5 heteroatoms. The Balaban J connectivity index is 1.92. The van der Waals surface area contributed by atoms with E-state index in [-0.39, 0.29) is 28.9 Å². The van der Waals surface area contributed by atoms with E-state index in [9.17, 15) is 9.59 Å². The van der Waals surface area contributed by atoms with Gasteiger partial charge >= 0.3 is 5.97 Å². The van der Waals surface area contributed by atoms with Gasteiger partial charge < -0.3 is 15.7 Å². The van der Waals surface area contributed by atoms with Gasteiger partial charge in [-0.05, 0) is 47.0 Å². The average Bonchev–Trinajstić information content (AvgIpc) is 2.89. The van der Waals surface area contributed by atoms with Crippen LogP contribution in [-0.4, -0.2) is 34.1 Å². The molecule has 1 amide bonds. The molecule has 2 atom stereocenters. The molecule has 1 aliphatic heterocycles. The Morgan fingerprint density at radius 3 is 2.05 bits per heavy atom. The molecule has 1 heterocycles. The van der Waals surface area contributed by atoms with Crippen LogP contribution in [0.4, 0.5) is 0 Å². The van der Waals surface area contributed by atoms with E-state index in [4.69, 9.17) is 5.11 Å². The predicted octanol–water partition coefficient (Wildman–Crippen LogP) is 1.13. The third-order valence-electron chi connectivity index (χ3n) is 3.98. The fraction of sp³-hybridized carbons (Fsp3) is 0.857. The first-order chi connectivity index (χ1) is 8.60. The molecular weight excluding hydrogens is 244 g/mol. The van der Waals surface area contributed by atoms with E-state index in [0.29, 0.717) is 6.42 Å². The van der Waals surface area contributed by atoms with E-state index >= 15 is 0 Å². The molecule has 0 bridgehead atoms. The monoisotopic (exact) mass is 268 g/mol. The van der Waals surface area contributed by atoms with E-state index in [1.54, 1.807) is 0 Å². The van der Waals surface area contributed by atoms with Crippen molar-refractivity contribution in [1.29, 1.82) is 0 Å². The maximum absolute atomic E-state index is 12.0. The van der Waals surface area contributed by atoms with Crippen molar-refractivity contribution < 1.29 is 14.7 Å². The Kier molecular flexibility index (Phi) is 3.37. The Labute approximate surface area is 114 Å². The second-order valence-corrected chi connectivity index (χ2v) is 7.29. The number of aliphatic carboxylic acids is 1. The highest BCUT2D eigenvalue weighted by atomic mass is 16.4. The normalized spacial score (nSPS) is 32.6. The number of amides is 1. The largest absolute Gasteiger partial charge is 0.481 e. The molecule has 0 radical (unpaired) electrons. The summed E-state index contributed by atoms with van der Waals surface area (Å²) in [4.78, 5) is 22.8. The minimum atomic E-state index is -0.855. The number of hydrogen-bond acceptors (Lipinski definition) is 3. The zero-order valence-electron chi connectivity index (χ0n) is 12.1. The number of carboxylic acid groups (broad SMARTS) is 1. The van der Waals surface area contributed by atoms with Crippen LogP contribution in [-0.2, 0) is 9.59 Å². The molecule has 3 N–H and O–H groups in total. The summed E-state index contributed by atoms with van der Waals surface area (Å²) in [5.41, 5.74) is -0.0368. The molecule has 19 heavy (non-hydrogen) atoms. The van der Waals surface area contributed by atoms with Gasteiger partial charge in [0.15, 0.2) is 0 Å². The number of carbonyl (C=O) groups excluding carboxylic acids is 1. The minimum absolute atomic E-state index is 0.0184. The maximum Gasteiger partial charge on any atom is 0.307 e. The van der Waals surface area contributed by atoms with Crippen molar-refractivity contribution in [2.45, 2.75) is 64.1 Å². The van der Waals surface area contributed by atoms with Crippen molar-refractivity contribution in [1.82, 2.24) is 10.6 Å². The lowest BCUT2D eigenvalue weighted by Gasteiger charge is -2.46. The van der Waals surface area contributed by atoms with Gasteiger partial charge in [-0.3, -0.25) is 9.59 Å². The number of nitrogens with one attached hydrogen (secondary N) is 2. The Morgan fingerprint density at radius 1 is 1.11 bits per heavy atom. The first-order valence-corrected chi connectivity index (χ1v) is 6.92. The van der Waals surface area contributed by atoms with Crippen LogP contribution in [0.5, 0.6) is 0 Å². The van der Waals surface area contributed by atoms with Crippen LogP contribution in [0.1, 0.15) is 47.0 Å². The summed E-state index contributed by atoms with van der Waals surface area (Å²) >= 11 is 0. The molecule has 1 saturated heterocycles.